The number of hydrogen-bond acceptors (Lipinski definition) is 4. The molecule has 2 aromatic carbocycles. The first-order valence-corrected chi connectivity index (χ1v) is 9.93. The van der Waals surface area contributed by atoms with Gasteiger partial charge in [0, 0.05) is 29.9 Å². The standard InChI is InChI=1S/C19H19N3O3S/c1-14(15-6-8-17(9-7-15)22-11-10-20-13-22)21-19(23)16-4-3-5-18(12-16)26(2,24)25/h3-14H,1-2H3,(H,21,23). The monoisotopic (exact) mass is 369 g/mol. The highest BCUT2D eigenvalue weighted by Crippen LogP contribution is 2.17. The fourth-order valence-electron chi connectivity index (χ4n) is 2.58. The highest BCUT2D eigenvalue weighted by Gasteiger charge is 2.14. The molecule has 0 aliphatic rings. The van der Waals surface area contributed by atoms with Crippen LogP contribution in [0.25, 0.3) is 5.69 Å². The van der Waals surface area contributed by atoms with E-state index in [1.165, 1.54) is 12.1 Å². The van der Waals surface area contributed by atoms with E-state index < -0.39 is 9.84 Å². The van der Waals surface area contributed by atoms with Crippen molar-refractivity contribution in [3.63, 3.8) is 0 Å². The summed E-state index contributed by atoms with van der Waals surface area (Å²) in [7, 11) is -3.35. The minimum Gasteiger partial charge on any atom is -0.346 e. The van der Waals surface area contributed by atoms with E-state index in [4.69, 9.17) is 0 Å². The highest BCUT2D eigenvalue weighted by molar-refractivity contribution is 7.90. The largest absolute Gasteiger partial charge is 0.346 e. The number of aromatic nitrogens is 2. The molecule has 134 valence electrons. The lowest BCUT2D eigenvalue weighted by molar-refractivity contribution is 0.0939. The second-order valence-corrected chi connectivity index (χ2v) is 8.07. The Labute approximate surface area is 152 Å². The third-order valence-corrected chi connectivity index (χ3v) is 5.18. The molecular formula is C19H19N3O3S. The summed E-state index contributed by atoms with van der Waals surface area (Å²) in [6, 6.07) is 13.6. The molecule has 0 aliphatic carbocycles. The summed E-state index contributed by atoms with van der Waals surface area (Å²) in [6.45, 7) is 1.88. The van der Waals surface area contributed by atoms with Crippen molar-refractivity contribution in [2.45, 2.75) is 17.9 Å². The van der Waals surface area contributed by atoms with Crippen molar-refractivity contribution in [2.24, 2.45) is 0 Å². The number of benzene rings is 2. The van der Waals surface area contributed by atoms with Crippen LogP contribution in [0.3, 0.4) is 0 Å². The van der Waals surface area contributed by atoms with Crippen LogP contribution < -0.4 is 5.32 Å². The summed E-state index contributed by atoms with van der Waals surface area (Å²) >= 11 is 0. The van der Waals surface area contributed by atoms with Crippen molar-refractivity contribution in [3.05, 3.63) is 78.4 Å². The number of hydrogen-bond donors (Lipinski definition) is 1. The molecule has 1 amide bonds. The van der Waals surface area contributed by atoms with Crippen molar-refractivity contribution >= 4 is 15.7 Å². The van der Waals surface area contributed by atoms with Gasteiger partial charge in [0.15, 0.2) is 9.84 Å². The van der Waals surface area contributed by atoms with Gasteiger partial charge in [-0.2, -0.15) is 0 Å². The number of nitrogens with zero attached hydrogens (tertiary/aromatic N) is 2. The molecule has 0 spiro atoms. The third-order valence-electron chi connectivity index (χ3n) is 4.07. The SMILES string of the molecule is CC(NC(=O)c1cccc(S(C)(=O)=O)c1)c1ccc(-n2ccnc2)cc1. The highest BCUT2D eigenvalue weighted by atomic mass is 32.2. The molecule has 0 fully saturated rings. The summed E-state index contributed by atoms with van der Waals surface area (Å²) in [6.07, 6.45) is 6.40. The number of sulfone groups is 1. The Morgan fingerprint density at radius 3 is 2.50 bits per heavy atom. The van der Waals surface area contributed by atoms with Gasteiger partial charge in [0.1, 0.15) is 0 Å². The molecule has 1 heterocycles. The molecule has 26 heavy (non-hydrogen) atoms. The molecule has 1 atom stereocenters. The molecule has 1 aromatic heterocycles. The van der Waals surface area contributed by atoms with Gasteiger partial charge in [-0.25, -0.2) is 13.4 Å². The Morgan fingerprint density at radius 2 is 1.88 bits per heavy atom. The van der Waals surface area contributed by atoms with Crippen LogP contribution in [0.4, 0.5) is 0 Å². The van der Waals surface area contributed by atoms with Gasteiger partial charge >= 0.3 is 0 Å². The van der Waals surface area contributed by atoms with E-state index >= 15 is 0 Å². The van der Waals surface area contributed by atoms with Crippen LogP contribution in [0.2, 0.25) is 0 Å². The smallest absolute Gasteiger partial charge is 0.251 e. The van der Waals surface area contributed by atoms with Gasteiger partial charge in [-0.3, -0.25) is 4.79 Å². The molecule has 1 unspecified atom stereocenters. The lowest BCUT2D eigenvalue weighted by atomic mass is 10.1. The third kappa shape index (κ3) is 4.00. The van der Waals surface area contributed by atoms with Crippen LogP contribution in [0.15, 0.2) is 72.1 Å². The zero-order valence-electron chi connectivity index (χ0n) is 14.5. The van der Waals surface area contributed by atoms with Crippen molar-refractivity contribution in [2.75, 3.05) is 6.26 Å². The molecule has 7 heteroatoms. The lowest BCUT2D eigenvalue weighted by Gasteiger charge is -2.15. The zero-order chi connectivity index (χ0) is 18.7. The van der Waals surface area contributed by atoms with Gasteiger partial charge in [0.05, 0.1) is 17.3 Å². The van der Waals surface area contributed by atoms with Crippen molar-refractivity contribution in [1.29, 1.82) is 0 Å². The van der Waals surface area contributed by atoms with Crippen molar-refractivity contribution < 1.29 is 13.2 Å². The van der Waals surface area contributed by atoms with E-state index in [0.717, 1.165) is 17.5 Å². The molecular weight excluding hydrogens is 350 g/mol. The molecule has 0 radical (unpaired) electrons. The molecule has 0 bridgehead atoms. The normalized spacial score (nSPS) is 12.5. The first kappa shape index (κ1) is 17.9. The molecule has 3 rings (SSSR count). The van der Waals surface area contributed by atoms with Gasteiger partial charge in [0.2, 0.25) is 0 Å². The van der Waals surface area contributed by atoms with E-state index in [1.807, 2.05) is 42.0 Å². The Morgan fingerprint density at radius 1 is 1.15 bits per heavy atom. The minimum atomic E-state index is -3.35. The van der Waals surface area contributed by atoms with Gasteiger partial charge in [-0.05, 0) is 42.8 Å². The molecule has 1 N–H and O–H groups in total. The van der Waals surface area contributed by atoms with Crippen LogP contribution in [-0.4, -0.2) is 30.1 Å². The summed E-state index contributed by atoms with van der Waals surface area (Å²) in [5.41, 5.74) is 2.24. The second kappa shape index (κ2) is 7.13. The zero-order valence-corrected chi connectivity index (χ0v) is 15.3. The first-order chi connectivity index (χ1) is 12.3. The fraction of sp³-hybridized carbons (Fsp3) is 0.158. The second-order valence-electron chi connectivity index (χ2n) is 6.06. The lowest BCUT2D eigenvalue weighted by Crippen LogP contribution is -2.26. The predicted octanol–water partition coefficient (Wildman–Crippen LogP) is 2.77. The number of imidazole rings is 1. The summed E-state index contributed by atoms with van der Waals surface area (Å²) in [4.78, 5) is 16.6. The Bertz CT molecular complexity index is 1010. The van der Waals surface area contributed by atoms with Crippen molar-refractivity contribution in [3.8, 4) is 5.69 Å². The minimum absolute atomic E-state index is 0.127. The molecule has 0 saturated carbocycles. The first-order valence-electron chi connectivity index (χ1n) is 8.04. The molecule has 0 saturated heterocycles. The maximum atomic E-state index is 12.4. The van der Waals surface area contributed by atoms with E-state index in [-0.39, 0.29) is 16.8 Å². The topological polar surface area (TPSA) is 81.1 Å². The van der Waals surface area contributed by atoms with Gasteiger partial charge in [-0.1, -0.05) is 18.2 Å². The van der Waals surface area contributed by atoms with Crippen LogP contribution >= 0.6 is 0 Å². The maximum absolute atomic E-state index is 12.4. The van der Waals surface area contributed by atoms with E-state index in [2.05, 4.69) is 10.3 Å². The number of amides is 1. The number of nitrogens with one attached hydrogen (secondary N) is 1. The maximum Gasteiger partial charge on any atom is 0.251 e. The summed E-state index contributed by atoms with van der Waals surface area (Å²) < 4.78 is 25.2. The van der Waals surface area contributed by atoms with Crippen LogP contribution in [0.1, 0.15) is 28.9 Å². The van der Waals surface area contributed by atoms with E-state index in [9.17, 15) is 13.2 Å². The van der Waals surface area contributed by atoms with E-state index in [1.54, 1.807) is 24.7 Å². The van der Waals surface area contributed by atoms with Crippen LogP contribution in [0.5, 0.6) is 0 Å². The summed E-state index contributed by atoms with van der Waals surface area (Å²) in [5.74, 6) is -0.318. The van der Waals surface area contributed by atoms with Crippen molar-refractivity contribution in [1.82, 2.24) is 14.9 Å². The number of rotatable bonds is 5. The average Bonchev–Trinajstić information content (AvgIpc) is 3.16. The van der Waals surface area contributed by atoms with Gasteiger partial charge in [-0.15, -0.1) is 0 Å². The van der Waals surface area contributed by atoms with Crippen LogP contribution in [0, 0.1) is 0 Å². The predicted molar refractivity (Wildman–Crippen MR) is 99.0 cm³/mol. The molecule has 0 aliphatic heterocycles. The number of carbonyl (C=O) groups excluding carboxylic acids is 1. The van der Waals surface area contributed by atoms with Crippen LogP contribution in [-0.2, 0) is 9.84 Å². The Kier molecular flexibility index (Phi) is 4.90. The number of carbonyl (C=O) groups is 1. The Balaban J connectivity index is 1.73. The molecule has 3 aromatic rings. The summed E-state index contributed by atoms with van der Waals surface area (Å²) in [5, 5.41) is 2.89. The van der Waals surface area contributed by atoms with Gasteiger partial charge < -0.3 is 9.88 Å². The van der Waals surface area contributed by atoms with Gasteiger partial charge in [0.25, 0.3) is 5.91 Å². The average molecular weight is 369 g/mol. The Hall–Kier alpha value is -2.93. The molecule has 6 nitrogen and oxygen atoms in total. The van der Waals surface area contributed by atoms with E-state index in [0.29, 0.717) is 5.56 Å². The fourth-order valence-corrected chi connectivity index (χ4v) is 3.25. The quantitative estimate of drug-likeness (QED) is 0.750.